The van der Waals surface area contributed by atoms with Gasteiger partial charge in [-0.2, -0.15) is 0 Å². The van der Waals surface area contributed by atoms with Gasteiger partial charge in [0, 0.05) is 41.0 Å². The number of fused-ring (bicyclic) bond motifs is 5. The molecule has 40 heavy (non-hydrogen) atoms. The van der Waals surface area contributed by atoms with Gasteiger partial charge in [0.25, 0.3) is 5.56 Å². The van der Waals surface area contributed by atoms with Crippen molar-refractivity contribution in [2.45, 2.75) is 39.6 Å². The van der Waals surface area contributed by atoms with Crippen molar-refractivity contribution >= 4 is 28.3 Å². The third-order valence-corrected chi connectivity index (χ3v) is 7.82. The molecular formula is C30H30N6O4. The van der Waals surface area contributed by atoms with E-state index in [1.165, 1.54) is 0 Å². The van der Waals surface area contributed by atoms with E-state index in [-0.39, 0.29) is 29.8 Å². The number of hydrogen-bond acceptors (Lipinski definition) is 9. The van der Waals surface area contributed by atoms with Crippen LogP contribution in [0.2, 0.25) is 0 Å². The molecule has 0 saturated carbocycles. The molecule has 0 spiro atoms. The van der Waals surface area contributed by atoms with Crippen LogP contribution in [0.4, 0.5) is 5.69 Å². The smallest absolute Gasteiger partial charge is 0.340 e. The standard InChI is InChI=1S/C30H30N6O4/c1-15-7-19-21(11-35(32)13-24(31)17-5-4-6-18(9-17)33-3)22-12-36-26(27(22)34-25(19)8-16(15)2)10-20-23(29(36)38)14-40-30(39)28(20)37/h4-10,13,28,33,37H,11-12,14,31-32H2,1-3H3/b24-13-. The van der Waals surface area contributed by atoms with E-state index in [1.54, 1.807) is 21.8 Å². The van der Waals surface area contributed by atoms with Crippen LogP contribution in [0.25, 0.3) is 28.0 Å². The number of carbonyl (C=O) groups is 1. The summed E-state index contributed by atoms with van der Waals surface area (Å²) in [4.78, 5) is 30.5. The van der Waals surface area contributed by atoms with Crippen LogP contribution in [-0.4, -0.2) is 32.7 Å². The number of benzene rings is 2. The second-order valence-electron chi connectivity index (χ2n) is 10.3. The largest absolute Gasteiger partial charge is 0.458 e. The number of nitrogens with zero attached hydrogens (tertiary/aromatic N) is 3. The second kappa shape index (κ2) is 9.51. The highest BCUT2D eigenvalue weighted by atomic mass is 16.5. The Hall–Kier alpha value is -4.67. The van der Waals surface area contributed by atoms with E-state index >= 15 is 0 Å². The Labute approximate surface area is 230 Å². The Bertz CT molecular complexity index is 1810. The molecule has 2 aromatic heterocycles. The molecule has 1 unspecified atom stereocenters. The highest BCUT2D eigenvalue weighted by Gasteiger charge is 2.34. The van der Waals surface area contributed by atoms with Crippen LogP contribution in [0.1, 0.15) is 45.0 Å². The van der Waals surface area contributed by atoms with E-state index in [1.807, 2.05) is 51.2 Å². The van der Waals surface area contributed by atoms with E-state index in [0.29, 0.717) is 23.6 Å². The minimum absolute atomic E-state index is 0.170. The summed E-state index contributed by atoms with van der Waals surface area (Å²) in [6.45, 7) is 4.49. The molecule has 0 bridgehead atoms. The van der Waals surface area contributed by atoms with Gasteiger partial charge in [-0.25, -0.2) is 15.6 Å². The van der Waals surface area contributed by atoms with E-state index in [4.69, 9.17) is 21.3 Å². The molecule has 1 atom stereocenters. The summed E-state index contributed by atoms with van der Waals surface area (Å²) in [6.07, 6.45) is 0.186. The Kier molecular flexibility index (Phi) is 6.09. The third kappa shape index (κ3) is 4.09. The molecule has 6 N–H and O–H groups in total. The van der Waals surface area contributed by atoms with Gasteiger partial charge in [0.15, 0.2) is 6.10 Å². The van der Waals surface area contributed by atoms with E-state index < -0.39 is 12.1 Å². The fraction of sp³-hybridized carbons (Fsp3) is 0.233. The highest BCUT2D eigenvalue weighted by molar-refractivity contribution is 5.89. The lowest BCUT2D eigenvalue weighted by molar-refractivity contribution is -0.157. The number of pyridine rings is 2. The van der Waals surface area contributed by atoms with Crippen LogP contribution in [0.3, 0.4) is 0 Å². The average molecular weight is 539 g/mol. The molecule has 0 aliphatic carbocycles. The van der Waals surface area contributed by atoms with Gasteiger partial charge in [0.2, 0.25) is 0 Å². The molecular weight excluding hydrogens is 508 g/mol. The first kappa shape index (κ1) is 25.6. The maximum atomic E-state index is 13.5. The van der Waals surface area contributed by atoms with Crippen LogP contribution < -0.4 is 22.5 Å². The lowest BCUT2D eigenvalue weighted by Crippen LogP contribution is -2.32. The van der Waals surface area contributed by atoms with Crippen molar-refractivity contribution in [2.75, 3.05) is 12.4 Å². The number of rotatable bonds is 5. The summed E-state index contributed by atoms with van der Waals surface area (Å²) in [5.41, 5.74) is 14.9. The fourth-order valence-corrected chi connectivity index (χ4v) is 5.48. The molecule has 10 heteroatoms. The lowest BCUT2D eigenvalue weighted by Gasteiger charge is -2.21. The minimum atomic E-state index is -1.51. The van der Waals surface area contributed by atoms with Crippen LogP contribution in [-0.2, 0) is 29.2 Å². The van der Waals surface area contributed by atoms with Crippen molar-refractivity contribution in [1.82, 2.24) is 14.6 Å². The normalized spacial score (nSPS) is 15.9. The van der Waals surface area contributed by atoms with Crippen LogP contribution in [0.5, 0.6) is 0 Å². The zero-order valence-corrected chi connectivity index (χ0v) is 22.5. The number of anilines is 1. The topological polar surface area (TPSA) is 149 Å². The van der Waals surface area contributed by atoms with Crippen molar-refractivity contribution in [2.24, 2.45) is 11.6 Å². The SMILES string of the molecule is CNc1cccc(/C(N)=C/N(N)Cc2c3c(nc4cc(C)c(C)cc24)-c2cc4c(c(=O)n2C3)COC(=O)C4O)c1. The van der Waals surface area contributed by atoms with Gasteiger partial charge in [-0.05, 0) is 60.9 Å². The number of aliphatic hydroxyl groups is 1. The Morgan fingerprint density at radius 3 is 2.75 bits per heavy atom. The first-order valence-electron chi connectivity index (χ1n) is 13.0. The Morgan fingerprint density at radius 1 is 1.20 bits per heavy atom. The van der Waals surface area contributed by atoms with E-state index in [9.17, 15) is 14.7 Å². The van der Waals surface area contributed by atoms with Crippen molar-refractivity contribution in [3.63, 3.8) is 0 Å². The van der Waals surface area contributed by atoms with Gasteiger partial charge < -0.3 is 30.5 Å². The third-order valence-electron chi connectivity index (χ3n) is 7.82. The Balaban J connectivity index is 1.49. The summed E-state index contributed by atoms with van der Waals surface area (Å²) in [5.74, 6) is 5.75. The maximum absolute atomic E-state index is 13.5. The molecule has 4 heterocycles. The summed E-state index contributed by atoms with van der Waals surface area (Å²) >= 11 is 0. The zero-order valence-electron chi connectivity index (χ0n) is 22.5. The van der Waals surface area contributed by atoms with Gasteiger partial charge in [-0.15, -0.1) is 0 Å². The molecule has 10 nitrogen and oxygen atoms in total. The number of aliphatic hydroxyl groups excluding tert-OH is 1. The van der Waals surface area contributed by atoms with Crippen molar-refractivity contribution in [3.8, 4) is 11.4 Å². The van der Waals surface area contributed by atoms with Crippen molar-refractivity contribution in [3.05, 3.63) is 98.0 Å². The number of hydrogen-bond donors (Lipinski definition) is 4. The molecule has 2 aliphatic heterocycles. The van der Waals surface area contributed by atoms with Crippen molar-refractivity contribution < 1.29 is 14.6 Å². The molecule has 0 saturated heterocycles. The maximum Gasteiger partial charge on any atom is 0.340 e. The van der Waals surface area contributed by atoms with Gasteiger partial charge in [-0.1, -0.05) is 12.1 Å². The summed E-state index contributed by atoms with van der Waals surface area (Å²) in [7, 11) is 1.85. The first-order valence-corrected chi connectivity index (χ1v) is 13.0. The second-order valence-corrected chi connectivity index (χ2v) is 10.3. The number of cyclic esters (lactones) is 1. The number of ether oxygens (including phenoxy) is 1. The number of nitrogens with one attached hydrogen (secondary N) is 1. The quantitative estimate of drug-likeness (QED) is 0.151. The van der Waals surface area contributed by atoms with Crippen LogP contribution in [0.15, 0.2) is 53.5 Å². The number of nitrogens with two attached hydrogens (primary N) is 2. The Morgan fingerprint density at radius 2 is 1.98 bits per heavy atom. The monoisotopic (exact) mass is 538 g/mol. The zero-order chi connectivity index (χ0) is 28.3. The predicted octanol–water partition coefficient (Wildman–Crippen LogP) is 2.81. The van der Waals surface area contributed by atoms with Gasteiger partial charge >= 0.3 is 5.97 Å². The van der Waals surface area contributed by atoms with E-state index in [0.717, 1.165) is 44.4 Å². The molecule has 2 aromatic carbocycles. The van der Waals surface area contributed by atoms with Crippen LogP contribution in [0, 0.1) is 13.8 Å². The molecule has 204 valence electrons. The average Bonchev–Trinajstić information content (AvgIpc) is 3.30. The number of aryl methyl sites for hydroxylation is 2. The summed E-state index contributed by atoms with van der Waals surface area (Å²) in [5, 5.41) is 16.1. The molecule has 0 radical (unpaired) electrons. The van der Waals surface area contributed by atoms with E-state index in [2.05, 4.69) is 11.4 Å². The summed E-state index contributed by atoms with van der Waals surface area (Å²) in [6, 6.07) is 13.5. The number of esters is 1. The predicted molar refractivity (Wildman–Crippen MR) is 153 cm³/mol. The van der Waals surface area contributed by atoms with Crippen LogP contribution >= 0.6 is 0 Å². The minimum Gasteiger partial charge on any atom is -0.458 e. The molecule has 0 fully saturated rings. The fourth-order valence-electron chi connectivity index (χ4n) is 5.48. The first-order chi connectivity index (χ1) is 19.2. The molecule has 0 amide bonds. The van der Waals surface area contributed by atoms with Gasteiger partial charge in [0.1, 0.15) is 6.61 Å². The highest BCUT2D eigenvalue weighted by Crippen LogP contribution is 2.38. The molecule has 2 aliphatic rings. The molecule has 4 aromatic rings. The number of hydrazine groups is 1. The number of aromatic nitrogens is 2. The lowest BCUT2D eigenvalue weighted by atomic mass is 9.96. The summed E-state index contributed by atoms with van der Waals surface area (Å²) < 4.78 is 6.65. The molecule has 6 rings (SSSR count). The van der Waals surface area contributed by atoms with Gasteiger partial charge in [0.05, 0.1) is 41.3 Å². The number of carbonyl (C=O) groups excluding carboxylic acids is 1. The van der Waals surface area contributed by atoms with Gasteiger partial charge in [-0.3, -0.25) is 4.79 Å². The van der Waals surface area contributed by atoms with Crippen molar-refractivity contribution in [1.29, 1.82) is 0 Å².